The van der Waals surface area contributed by atoms with Crippen LogP contribution in [0.1, 0.15) is 71.2 Å². The van der Waals surface area contributed by atoms with Gasteiger partial charge in [-0.05, 0) is 83.3 Å². The summed E-state index contributed by atoms with van der Waals surface area (Å²) in [4.78, 5) is 15.3. The molecule has 0 radical (unpaired) electrons. The van der Waals surface area contributed by atoms with Crippen molar-refractivity contribution < 1.29 is 9.53 Å². The Balaban J connectivity index is 1.40. The molecule has 2 atom stereocenters. The normalized spacial score (nSPS) is 26.0. The molecule has 1 fully saturated rings. The first-order valence-electron chi connectivity index (χ1n) is 14.2. The van der Waals surface area contributed by atoms with Crippen molar-refractivity contribution in [2.75, 3.05) is 6.54 Å². The van der Waals surface area contributed by atoms with Gasteiger partial charge in [-0.25, -0.2) is 10.1 Å². The van der Waals surface area contributed by atoms with Crippen molar-refractivity contribution in [1.82, 2.24) is 10.2 Å². The van der Waals surface area contributed by atoms with Crippen LogP contribution in [0.5, 0.6) is 0 Å². The highest BCUT2D eigenvalue weighted by atomic mass is 16.6. The van der Waals surface area contributed by atoms with Crippen LogP contribution in [-0.4, -0.2) is 17.4 Å². The molecule has 2 spiro atoms. The van der Waals surface area contributed by atoms with Crippen molar-refractivity contribution in [3.8, 4) is 11.1 Å². The van der Waals surface area contributed by atoms with Crippen LogP contribution in [0.25, 0.3) is 17.2 Å². The third-order valence-corrected chi connectivity index (χ3v) is 9.99. The average Bonchev–Trinajstić information content (AvgIpc) is 3.62. The van der Waals surface area contributed by atoms with Gasteiger partial charge < -0.3 is 9.64 Å². The molecule has 194 valence electrons. The van der Waals surface area contributed by atoms with E-state index in [2.05, 4.69) is 105 Å². The first-order valence-corrected chi connectivity index (χ1v) is 14.2. The fraction of sp³-hybridized carbons (Fsp3) is 0.286. The molecule has 2 aliphatic carbocycles. The minimum Gasteiger partial charge on any atom is -0.416 e. The molecule has 4 heteroatoms. The Hall–Kier alpha value is -3.89. The van der Waals surface area contributed by atoms with E-state index in [0.29, 0.717) is 12.2 Å². The van der Waals surface area contributed by atoms with Crippen LogP contribution in [0.4, 0.5) is 0 Å². The molecule has 0 aromatic heterocycles. The predicted octanol–water partition coefficient (Wildman–Crippen LogP) is 6.69. The van der Waals surface area contributed by atoms with Crippen molar-refractivity contribution in [1.29, 1.82) is 0 Å². The lowest BCUT2D eigenvalue weighted by Crippen LogP contribution is -2.55. The van der Waals surface area contributed by atoms with E-state index < -0.39 is 11.4 Å². The molecule has 8 rings (SSSR count). The van der Waals surface area contributed by atoms with Gasteiger partial charge in [-0.15, -0.1) is 0 Å². The summed E-state index contributed by atoms with van der Waals surface area (Å²) in [5.41, 5.74) is 12.6. The van der Waals surface area contributed by atoms with Gasteiger partial charge >= 0.3 is 5.97 Å². The van der Waals surface area contributed by atoms with Crippen LogP contribution in [0, 0.1) is 13.8 Å². The van der Waals surface area contributed by atoms with Crippen LogP contribution in [0.2, 0.25) is 0 Å². The maximum atomic E-state index is 13.2. The van der Waals surface area contributed by atoms with E-state index in [9.17, 15) is 4.79 Å². The van der Waals surface area contributed by atoms with Crippen molar-refractivity contribution >= 4 is 12.0 Å². The summed E-state index contributed by atoms with van der Waals surface area (Å²) in [5, 5.41) is 3.96. The van der Waals surface area contributed by atoms with Crippen molar-refractivity contribution in [2.45, 2.75) is 57.3 Å². The number of allylic oxidation sites excluding steroid dienone is 2. The number of hydrogen-bond acceptors (Lipinski definition) is 4. The van der Waals surface area contributed by atoms with Crippen LogP contribution < -0.4 is 5.32 Å². The predicted molar refractivity (Wildman–Crippen MR) is 154 cm³/mol. The Bertz CT molecular complexity index is 1720. The van der Waals surface area contributed by atoms with Crippen LogP contribution in [0.15, 0.2) is 78.5 Å². The van der Waals surface area contributed by atoms with Gasteiger partial charge in [0.05, 0.1) is 5.54 Å². The van der Waals surface area contributed by atoms with Crippen molar-refractivity contribution in [3.63, 3.8) is 0 Å². The number of benzene rings is 3. The monoisotopic (exact) mass is 512 g/mol. The topological polar surface area (TPSA) is 41.6 Å². The average molecular weight is 513 g/mol. The first kappa shape index (κ1) is 23.0. The lowest BCUT2D eigenvalue weighted by Gasteiger charge is -2.38. The van der Waals surface area contributed by atoms with E-state index in [-0.39, 0.29) is 11.4 Å². The highest BCUT2D eigenvalue weighted by Crippen LogP contribution is 2.59. The fourth-order valence-corrected chi connectivity index (χ4v) is 8.29. The largest absolute Gasteiger partial charge is 0.416 e. The zero-order valence-corrected chi connectivity index (χ0v) is 22.9. The van der Waals surface area contributed by atoms with E-state index in [1.165, 1.54) is 44.5 Å². The van der Waals surface area contributed by atoms with Gasteiger partial charge in [-0.2, -0.15) is 0 Å². The third-order valence-electron chi connectivity index (χ3n) is 9.99. The molecule has 3 aromatic carbocycles. The standard InChI is InChI=1S/C35H32N2O2/c1-5-33(6-2)26-12-8-7-11-24(26)25-19-23-14-15-34(27(23)20-28(25)33)29-18-21(3)17-22(4)31(29)35(36-34)37-16-10-9-13-30(37)32(38)39-35/h7-15,17-20,36H,5-6,16H2,1-4H3/t34-,35+/m0/s1. The first-order chi connectivity index (χ1) is 18.9. The van der Waals surface area contributed by atoms with Gasteiger partial charge in [0.2, 0.25) is 0 Å². The number of carbonyl (C=O) groups excluding carboxylic acids is 1. The molecule has 1 N–H and O–H groups in total. The number of nitrogens with zero attached hydrogens (tertiary/aromatic N) is 1. The second-order valence-corrected chi connectivity index (χ2v) is 11.7. The number of fused-ring (bicyclic) bond motifs is 10. The van der Waals surface area contributed by atoms with Gasteiger partial charge in [-0.1, -0.05) is 86.2 Å². The highest BCUT2D eigenvalue weighted by Gasteiger charge is 2.63. The molecule has 3 aliphatic heterocycles. The molecule has 0 unspecified atom stereocenters. The second-order valence-electron chi connectivity index (χ2n) is 11.7. The van der Waals surface area contributed by atoms with Gasteiger partial charge in [0, 0.05) is 17.5 Å². The lowest BCUT2D eigenvalue weighted by molar-refractivity contribution is -0.162. The number of esters is 1. The molecule has 1 saturated heterocycles. The number of ether oxygens (including phenoxy) is 1. The fourth-order valence-electron chi connectivity index (χ4n) is 8.29. The van der Waals surface area contributed by atoms with Crippen LogP contribution >= 0.6 is 0 Å². The summed E-state index contributed by atoms with van der Waals surface area (Å²) in [6.45, 7) is 9.54. The minimum atomic E-state index is -1.05. The molecule has 3 heterocycles. The number of rotatable bonds is 2. The molecule has 5 aliphatic rings. The Kier molecular flexibility index (Phi) is 4.37. The zero-order valence-electron chi connectivity index (χ0n) is 22.9. The molecular formula is C35H32N2O2. The van der Waals surface area contributed by atoms with Crippen LogP contribution in [-0.2, 0) is 26.3 Å². The van der Waals surface area contributed by atoms with E-state index in [0.717, 1.165) is 24.0 Å². The molecule has 4 nitrogen and oxygen atoms in total. The number of hydrogen-bond donors (Lipinski definition) is 1. The number of carbonyl (C=O) groups is 1. The van der Waals surface area contributed by atoms with E-state index >= 15 is 0 Å². The van der Waals surface area contributed by atoms with Crippen molar-refractivity contribution in [3.05, 3.63) is 123 Å². The smallest absolute Gasteiger partial charge is 0.358 e. The van der Waals surface area contributed by atoms with E-state index in [1.54, 1.807) is 0 Å². The Morgan fingerprint density at radius 1 is 0.949 bits per heavy atom. The van der Waals surface area contributed by atoms with Crippen molar-refractivity contribution in [2.24, 2.45) is 0 Å². The SMILES string of the molecule is CCC1(CC)c2ccccc2-c2cc3c(cc21)[C@]1(C=C3)N[C@]2(OC(=O)C3=CC=CCN32)c2c(C)cc(C)cc21. The van der Waals surface area contributed by atoms with Gasteiger partial charge in [0.15, 0.2) is 0 Å². The molecule has 3 aromatic rings. The zero-order chi connectivity index (χ0) is 26.7. The summed E-state index contributed by atoms with van der Waals surface area (Å²) in [6, 6.07) is 18.3. The molecule has 0 amide bonds. The molecular weight excluding hydrogens is 480 g/mol. The van der Waals surface area contributed by atoms with E-state index in [1.807, 2.05) is 12.2 Å². The summed E-state index contributed by atoms with van der Waals surface area (Å²) in [7, 11) is 0. The molecule has 39 heavy (non-hydrogen) atoms. The highest BCUT2D eigenvalue weighted by molar-refractivity contribution is 5.92. The molecule has 0 saturated carbocycles. The minimum absolute atomic E-state index is 0.0141. The van der Waals surface area contributed by atoms with Crippen LogP contribution in [0.3, 0.4) is 0 Å². The maximum Gasteiger partial charge on any atom is 0.358 e. The summed E-state index contributed by atoms with van der Waals surface area (Å²) < 4.78 is 6.37. The maximum absolute atomic E-state index is 13.2. The summed E-state index contributed by atoms with van der Waals surface area (Å²) >= 11 is 0. The third kappa shape index (κ3) is 2.56. The van der Waals surface area contributed by atoms with E-state index in [4.69, 9.17) is 4.74 Å². The number of nitrogens with one attached hydrogen (secondary N) is 1. The van der Waals surface area contributed by atoms with Gasteiger partial charge in [-0.3, -0.25) is 0 Å². The summed E-state index contributed by atoms with van der Waals surface area (Å²) in [6.07, 6.45) is 12.5. The number of aryl methyl sites for hydroxylation is 2. The Morgan fingerprint density at radius 2 is 1.77 bits per heavy atom. The summed E-state index contributed by atoms with van der Waals surface area (Å²) in [5.74, 6) is -1.33. The van der Waals surface area contributed by atoms with Gasteiger partial charge in [0.1, 0.15) is 5.70 Å². The molecule has 0 bridgehead atoms. The lowest BCUT2D eigenvalue weighted by atomic mass is 9.72. The quantitative estimate of drug-likeness (QED) is 0.389. The Morgan fingerprint density at radius 3 is 2.59 bits per heavy atom. The Labute approximate surface area is 229 Å². The second kappa shape index (κ2) is 7.40. The van der Waals surface area contributed by atoms with Gasteiger partial charge in [0.25, 0.3) is 5.85 Å².